The number of hydrogen-bond donors (Lipinski definition) is 1. The fourth-order valence-corrected chi connectivity index (χ4v) is 2.45. The maximum atomic E-state index is 12.5. The number of nitrogens with zero attached hydrogens (tertiary/aromatic N) is 2. The zero-order chi connectivity index (χ0) is 12.3. The largest absolute Gasteiger partial charge is 0.314 e. The van der Waals surface area contributed by atoms with Gasteiger partial charge in [0, 0.05) is 25.1 Å². The van der Waals surface area contributed by atoms with Crippen molar-refractivity contribution in [2.45, 2.75) is 31.7 Å². The summed E-state index contributed by atoms with van der Waals surface area (Å²) in [6.45, 7) is 3.00. The predicted molar refractivity (Wildman–Crippen MR) is 67.9 cm³/mol. The van der Waals surface area contributed by atoms with Crippen molar-refractivity contribution in [2.75, 3.05) is 18.5 Å². The van der Waals surface area contributed by atoms with E-state index in [-0.39, 0.29) is 11.4 Å². The van der Waals surface area contributed by atoms with E-state index in [0.717, 1.165) is 31.5 Å². The minimum Gasteiger partial charge on any atom is -0.314 e. The first-order chi connectivity index (χ1) is 8.19. The summed E-state index contributed by atoms with van der Waals surface area (Å²) in [6, 6.07) is 3.71. The van der Waals surface area contributed by atoms with E-state index in [1.54, 1.807) is 17.3 Å². The Balaban J connectivity index is 2.19. The number of aromatic nitrogens is 1. The summed E-state index contributed by atoms with van der Waals surface area (Å²) in [5.74, 6) is 0.156. The normalized spacial score (nSPS) is 23.6. The minimum atomic E-state index is -0.363. The number of rotatable bonds is 3. The van der Waals surface area contributed by atoms with Crippen LogP contribution in [0.3, 0.4) is 0 Å². The Bertz CT molecular complexity index is 385. The fraction of sp³-hybridized carbons (Fsp3) is 0.538. The molecule has 2 heterocycles. The zero-order valence-corrected chi connectivity index (χ0v) is 10.4. The Morgan fingerprint density at radius 2 is 2.24 bits per heavy atom. The van der Waals surface area contributed by atoms with Gasteiger partial charge in [-0.1, -0.05) is 6.92 Å². The van der Waals surface area contributed by atoms with Crippen molar-refractivity contribution < 1.29 is 4.79 Å². The standard InChI is InChI=1S/C13H19N3O/c1-3-13(7-4-8-15-13)12(17)16(2)11-5-9-14-10-6-11/h5-6,9-10,15H,3-4,7-8H2,1-2H3. The molecule has 0 bridgehead atoms. The van der Waals surface area contributed by atoms with E-state index in [1.807, 2.05) is 19.2 Å². The monoisotopic (exact) mass is 233 g/mol. The van der Waals surface area contributed by atoms with E-state index < -0.39 is 0 Å². The van der Waals surface area contributed by atoms with E-state index >= 15 is 0 Å². The summed E-state index contributed by atoms with van der Waals surface area (Å²) in [7, 11) is 1.83. The third kappa shape index (κ3) is 2.17. The maximum Gasteiger partial charge on any atom is 0.247 e. The molecule has 4 nitrogen and oxygen atoms in total. The first kappa shape index (κ1) is 12.0. The molecule has 1 aliphatic heterocycles. The second-order valence-corrected chi connectivity index (χ2v) is 4.54. The molecule has 0 aliphatic carbocycles. The Kier molecular flexibility index (Phi) is 3.43. The third-order valence-electron chi connectivity index (χ3n) is 3.61. The topological polar surface area (TPSA) is 45.2 Å². The molecule has 1 atom stereocenters. The van der Waals surface area contributed by atoms with Crippen LogP contribution in [0.4, 0.5) is 5.69 Å². The molecule has 0 saturated carbocycles. The number of nitrogens with one attached hydrogen (secondary N) is 1. The van der Waals surface area contributed by atoms with Gasteiger partial charge in [0.1, 0.15) is 0 Å². The molecule has 1 fully saturated rings. The van der Waals surface area contributed by atoms with Gasteiger partial charge in [-0.05, 0) is 37.9 Å². The summed E-state index contributed by atoms with van der Waals surface area (Å²) in [5.41, 5.74) is 0.532. The van der Waals surface area contributed by atoms with E-state index in [9.17, 15) is 4.79 Å². The molecule has 1 N–H and O–H groups in total. The lowest BCUT2D eigenvalue weighted by Crippen LogP contribution is -2.53. The van der Waals surface area contributed by atoms with Crippen LogP contribution >= 0.6 is 0 Å². The van der Waals surface area contributed by atoms with Gasteiger partial charge in [-0.25, -0.2) is 0 Å². The van der Waals surface area contributed by atoms with Gasteiger partial charge >= 0.3 is 0 Å². The van der Waals surface area contributed by atoms with Crippen LogP contribution in [-0.4, -0.2) is 30.0 Å². The van der Waals surface area contributed by atoms with Crippen molar-refractivity contribution in [3.8, 4) is 0 Å². The van der Waals surface area contributed by atoms with Crippen LogP contribution in [0.15, 0.2) is 24.5 Å². The van der Waals surface area contributed by atoms with Crippen LogP contribution < -0.4 is 10.2 Å². The van der Waals surface area contributed by atoms with Gasteiger partial charge in [-0.15, -0.1) is 0 Å². The van der Waals surface area contributed by atoms with Crippen LogP contribution in [0.2, 0.25) is 0 Å². The zero-order valence-electron chi connectivity index (χ0n) is 10.4. The van der Waals surface area contributed by atoms with Crippen molar-refractivity contribution in [3.63, 3.8) is 0 Å². The first-order valence-electron chi connectivity index (χ1n) is 6.13. The first-order valence-corrected chi connectivity index (χ1v) is 6.13. The lowest BCUT2D eigenvalue weighted by molar-refractivity contribution is -0.124. The number of hydrogen-bond acceptors (Lipinski definition) is 3. The molecule has 4 heteroatoms. The molecule has 1 unspecified atom stereocenters. The summed E-state index contributed by atoms with van der Waals surface area (Å²) in [4.78, 5) is 18.2. The Morgan fingerprint density at radius 3 is 2.76 bits per heavy atom. The molecule has 0 radical (unpaired) electrons. The van der Waals surface area contributed by atoms with Crippen LogP contribution in [0.25, 0.3) is 0 Å². The summed E-state index contributed by atoms with van der Waals surface area (Å²) < 4.78 is 0. The van der Waals surface area contributed by atoms with Crippen molar-refractivity contribution in [3.05, 3.63) is 24.5 Å². The van der Waals surface area contributed by atoms with Gasteiger partial charge in [0.25, 0.3) is 0 Å². The van der Waals surface area contributed by atoms with Crippen molar-refractivity contribution in [2.24, 2.45) is 0 Å². The van der Waals surface area contributed by atoms with Crippen LogP contribution in [0.5, 0.6) is 0 Å². The Hall–Kier alpha value is -1.42. The Labute approximate surface area is 102 Å². The molecule has 1 amide bonds. The lowest BCUT2D eigenvalue weighted by atomic mass is 9.92. The second-order valence-electron chi connectivity index (χ2n) is 4.54. The van der Waals surface area contributed by atoms with E-state index in [4.69, 9.17) is 0 Å². The van der Waals surface area contributed by atoms with Crippen LogP contribution in [-0.2, 0) is 4.79 Å². The Morgan fingerprint density at radius 1 is 1.53 bits per heavy atom. The fourth-order valence-electron chi connectivity index (χ4n) is 2.45. The van der Waals surface area contributed by atoms with Crippen molar-refractivity contribution in [1.29, 1.82) is 0 Å². The predicted octanol–water partition coefficient (Wildman–Crippen LogP) is 1.58. The van der Waals surface area contributed by atoms with Gasteiger partial charge in [-0.3, -0.25) is 9.78 Å². The summed E-state index contributed by atoms with van der Waals surface area (Å²) in [5, 5.41) is 3.36. The average molecular weight is 233 g/mol. The van der Waals surface area contributed by atoms with Crippen LogP contribution in [0, 0.1) is 0 Å². The molecule has 1 saturated heterocycles. The van der Waals surface area contributed by atoms with Crippen molar-refractivity contribution >= 4 is 11.6 Å². The number of pyridine rings is 1. The smallest absolute Gasteiger partial charge is 0.247 e. The molecule has 92 valence electrons. The van der Waals surface area contributed by atoms with Gasteiger partial charge in [0.2, 0.25) is 5.91 Å². The molecule has 1 aromatic heterocycles. The molecular weight excluding hydrogens is 214 g/mol. The molecule has 17 heavy (non-hydrogen) atoms. The van der Waals surface area contributed by atoms with E-state index in [2.05, 4.69) is 17.2 Å². The van der Waals surface area contributed by atoms with Gasteiger partial charge in [-0.2, -0.15) is 0 Å². The molecule has 1 aliphatic rings. The number of anilines is 1. The molecule has 2 rings (SSSR count). The third-order valence-corrected chi connectivity index (χ3v) is 3.61. The highest BCUT2D eigenvalue weighted by Gasteiger charge is 2.41. The number of carbonyl (C=O) groups is 1. The molecule has 0 aromatic carbocycles. The van der Waals surface area contributed by atoms with Crippen molar-refractivity contribution in [1.82, 2.24) is 10.3 Å². The lowest BCUT2D eigenvalue weighted by Gasteiger charge is -2.31. The highest BCUT2D eigenvalue weighted by atomic mass is 16.2. The number of amides is 1. The highest BCUT2D eigenvalue weighted by Crippen LogP contribution is 2.27. The summed E-state index contributed by atoms with van der Waals surface area (Å²) >= 11 is 0. The molecule has 1 aromatic rings. The number of likely N-dealkylation sites (N-methyl/N-ethyl adjacent to an activating group) is 1. The SMILES string of the molecule is CCC1(C(=O)N(C)c2ccncc2)CCCN1. The van der Waals surface area contributed by atoms with Crippen LogP contribution in [0.1, 0.15) is 26.2 Å². The number of carbonyl (C=O) groups excluding carboxylic acids is 1. The molecule has 0 spiro atoms. The van der Waals surface area contributed by atoms with Gasteiger partial charge < -0.3 is 10.2 Å². The second kappa shape index (κ2) is 4.84. The quantitative estimate of drug-likeness (QED) is 0.862. The van der Waals surface area contributed by atoms with Gasteiger partial charge in [0.15, 0.2) is 0 Å². The molecular formula is C13H19N3O. The van der Waals surface area contributed by atoms with Gasteiger partial charge in [0.05, 0.1) is 5.54 Å². The summed E-state index contributed by atoms with van der Waals surface area (Å²) in [6.07, 6.45) is 6.25. The van der Waals surface area contributed by atoms with E-state index in [0.29, 0.717) is 0 Å². The maximum absolute atomic E-state index is 12.5. The minimum absolute atomic E-state index is 0.156. The highest BCUT2D eigenvalue weighted by molar-refractivity contribution is 5.99. The van der Waals surface area contributed by atoms with E-state index in [1.165, 1.54) is 0 Å². The average Bonchev–Trinajstić information content (AvgIpc) is 2.88.